The number of ether oxygens (including phenoxy) is 1. The largest absolute Gasteiger partial charge is 0.379 e. The van der Waals surface area contributed by atoms with Gasteiger partial charge < -0.3 is 10.1 Å². The Morgan fingerprint density at radius 2 is 1.79 bits per heavy atom. The highest BCUT2D eigenvalue weighted by Crippen LogP contribution is 2.30. The van der Waals surface area contributed by atoms with E-state index in [1.807, 2.05) is 18.2 Å². The molecule has 146 valence electrons. The van der Waals surface area contributed by atoms with Gasteiger partial charge in [0, 0.05) is 25.8 Å². The lowest BCUT2D eigenvalue weighted by atomic mass is 10.2. The van der Waals surface area contributed by atoms with Gasteiger partial charge in [0.15, 0.2) is 5.82 Å². The first kappa shape index (κ1) is 19.3. The smallest absolute Gasteiger partial charge is 0.154 e. The summed E-state index contributed by atoms with van der Waals surface area (Å²) in [4.78, 5) is 16.4. The summed E-state index contributed by atoms with van der Waals surface area (Å²) in [5.41, 5.74) is 2.86. The van der Waals surface area contributed by atoms with Gasteiger partial charge in [-0.25, -0.2) is 9.97 Å². The predicted molar refractivity (Wildman–Crippen MR) is 113 cm³/mol. The normalized spacial score (nSPS) is 15.1. The fourth-order valence-electron chi connectivity index (χ4n) is 3.19. The van der Waals surface area contributed by atoms with Crippen LogP contribution in [0, 0.1) is 0 Å². The van der Waals surface area contributed by atoms with Crippen molar-refractivity contribution in [1.82, 2.24) is 19.9 Å². The van der Waals surface area contributed by atoms with Crippen LogP contribution in [0.2, 0.25) is 10.0 Å². The van der Waals surface area contributed by atoms with Crippen molar-refractivity contribution in [2.45, 2.75) is 6.42 Å². The van der Waals surface area contributed by atoms with Crippen molar-refractivity contribution in [3.8, 4) is 11.4 Å². The molecule has 0 saturated carbocycles. The molecule has 3 aromatic rings. The predicted octanol–water partition coefficient (Wildman–Crippen LogP) is 4.13. The molecule has 0 aliphatic carbocycles. The van der Waals surface area contributed by atoms with Crippen LogP contribution in [0.15, 0.2) is 36.5 Å². The number of benzene rings is 1. The highest BCUT2D eigenvalue weighted by atomic mass is 35.5. The van der Waals surface area contributed by atoms with Crippen LogP contribution in [0.4, 0.5) is 5.82 Å². The second kappa shape index (κ2) is 9.01. The van der Waals surface area contributed by atoms with E-state index in [4.69, 9.17) is 37.9 Å². The van der Waals surface area contributed by atoms with Crippen LogP contribution in [0.5, 0.6) is 0 Å². The lowest BCUT2D eigenvalue weighted by molar-refractivity contribution is 0.0378. The number of nitrogens with zero attached hydrogens (tertiary/aromatic N) is 4. The number of aromatic nitrogens is 3. The lowest BCUT2D eigenvalue weighted by Gasteiger charge is -2.26. The van der Waals surface area contributed by atoms with E-state index >= 15 is 0 Å². The highest BCUT2D eigenvalue weighted by molar-refractivity contribution is 6.42. The van der Waals surface area contributed by atoms with Crippen LogP contribution in [-0.2, 0) is 4.74 Å². The van der Waals surface area contributed by atoms with E-state index in [-0.39, 0.29) is 0 Å². The van der Waals surface area contributed by atoms with Gasteiger partial charge in [-0.3, -0.25) is 9.88 Å². The van der Waals surface area contributed by atoms with Gasteiger partial charge >= 0.3 is 0 Å². The molecular weight excluding hydrogens is 397 g/mol. The zero-order chi connectivity index (χ0) is 19.3. The summed E-state index contributed by atoms with van der Waals surface area (Å²) in [5.74, 6) is 0.701. The van der Waals surface area contributed by atoms with Crippen LogP contribution in [0.25, 0.3) is 22.4 Å². The summed E-state index contributed by atoms with van der Waals surface area (Å²) in [6, 6.07) is 9.22. The van der Waals surface area contributed by atoms with E-state index in [0.717, 1.165) is 51.5 Å². The number of fused-ring (bicyclic) bond motifs is 1. The zero-order valence-corrected chi connectivity index (χ0v) is 16.9. The minimum absolute atomic E-state index is 0.460. The van der Waals surface area contributed by atoms with E-state index in [1.54, 1.807) is 18.3 Å². The maximum Gasteiger partial charge on any atom is 0.154 e. The van der Waals surface area contributed by atoms with Gasteiger partial charge in [0.25, 0.3) is 0 Å². The van der Waals surface area contributed by atoms with Crippen molar-refractivity contribution in [3.05, 3.63) is 46.6 Å². The Kier molecular flexibility index (Phi) is 6.22. The van der Waals surface area contributed by atoms with Crippen molar-refractivity contribution >= 4 is 40.1 Å². The van der Waals surface area contributed by atoms with E-state index < -0.39 is 0 Å². The molecule has 3 heterocycles. The third kappa shape index (κ3) is 4.52. The van der Waals surface area contributed by atoms with Gasteiger partial charge in [-0.05, 0) is 37.2 Å². The highest BCUT2D eigenvalue weighted by Gasteiger charge is 2.14. The van der Waals surface area contributed by atoms with E-state index in [2.05, 4.69) is 15.2 Å². The summed E-state index contributed by atoms with van der Waals surface area (Å²) >= 11 is 12.3. The maximum atomic E-state index is 6.16. The minimum atomic E-state index is 0.460. The zero-order valence-electron chi connectivity index (χ0n) is 15.4. The average molecular weight is 418 g/mol. The molecule has 1 aromatic carbocycles. The summed E-state index contributed by atoms with van der Waals surface area (Å²) in [5, 5.41) is 4.35. The molecule has 4 rings (SSSR count). The van der Waals surface area contributed by atoms with Crippen molar-refractivity contribution in [1.29, 1.82) is 0 Å². The van der Waals surface area contributed by atoms with Crippen LogP contribution >= 0.6 is 23.2 Å². The SMILES string of the molecule is Clc1cc2nc(NCCCN3CCOCC3)c(-c3ccccn3)nc2cc1Cl. The first-order valence-electron chi connectivity index (χ1n) is 9.33. The fraction of sp³-hybridized carbons (Fsp3) is 0.350. The quantitative estimate of drug-likeness (QED) is 0.608. The molecule has 0 spiro atoms. The van der Waals surface area contributed by atoms with Crippen LogP contribution < -0.4 is 5.32 Å². The molecule has 0 unspecified atom stereocenters. The topological polar surface area (TPSA) is 63.2 Å². The molecule has 0 radical (unpaired) electrons. The molecule has 0 amide bonds. The third-order valence-electron chi connectivity index (χ3n) is 4.66. The summed E-state index contributed by atoms with van der Waals surface area (Å²) in [6.45, 7) is 5.44. The fourth-order valence-corrected chi connectivity index (χ4v) is 3.51. The number of anilines is 1. The summed E-state index contributed by atoms with van der Waals surface area (Å²) in [6.07, 6.45) is 2.75. The van der Waals surface area contributed by atoms with Gasteiger partial charge in [-0.2, -0.15) is 0 Å². The molecule has 1 fully saturated rings. The van der Waals surface area contributed by atoms with E-state index in [1.165, 1.54) is 0 Å². The number of nitrogens with one attached hydrogen (secondary N) is 1. The number of morpholine rings is 1. The van der Waals surface area contributed by atoms with Crippen molar-refractivity contribution < 1.29 is 4.74 Å². The van der Waals surface area contributed by atoms with Crippen LogP contribution in [0.1, 0.15) is 6.42 Å². The Morgan fingerprint density at radius 1 is 1.04 bits per heavy atom. The van der Waals surface area contributed by atoms with Gasteiger partial charge in [0.1, 0.15) is 5.69 Å². The van der Waals surface area contributed by atoms with Crippen molar-refractivity contribution in [2.24, 2.45) is 0 Å². The van der Waals surface area contributed by atoms with Crippen LogP contribution in [0.3, 0.4) is 0 Å². The Labute approximate surface area is 173 Å². The van der Waals surface area contributed by atoms with Gasteiger partial charge in [0.05, 0.1) is 40.0 Å². The molecule has 1 saturated heterocycles. The van der Waals surface area contributed by atoms with Gasteiger partial charge in [0.2, 0.25) is 0 Å². The van der Waals surface area contributed by atoms with Gasteiger partial charge in [-0.15, -0.1) is 0 Å². The number of hydrogen-bond acceptors (Lipinski definition) is 6. The van der Waals surface area contributed by atoms with Crippen LogP contribution in [-0.4, -0.2) is 59.2 Å². The van der Waals surface area contributed by atoms with E-state index in [0.29, 0.717) is 32.6 Å². The summed E-state index contributed by atoms with van der Waals surface area (Å²) < 4.78 is 5.40. The average Bonchev–Trinajstić information content (AvgIpc) is 2.73. The molecule has 8 heteroatoms. The van der Waals surface area contributed by atoms with Gasteiger partial charge in [-0.1, -0.05) is 29.3 Å². The lowest BCUT2D eigenvalue weighted by Crippen LogP contribution is -2.37. The van der Waals surface area contributed by atoms with Crippen molar-refractivity contribution in [2.75, 3.05) is 44.7 Å². The molecule has 1 aliphatic heterocycles. The molecular formula is C20H21Cl2N5O. The number of hydrogen-bond donors (Lipinski definition) is 1. The standard InChI is InChI=1S/C20H21Cl2N5O/c21-14-12-17-18(13-15(14)22)26-20(19(25-17)16-4-1-2-5-23-16)24-6-3-7-27-8-10-28-11-9-27/h1-2,4-5,12-13H,3,6-11H2,(H,24,26). The third-order valence-corrected chi connectivity index (χ3v) is 5.38. The first-order chi connectivity index (χ1) is 13.7. The first-order valence-corrected chi connectivity index (χ1v) is 10.1. The number of pyridine rings is 1. The minimum Gasteiger partial charge on any atom is -0.379 e. The molecule has 1 N–H and O–H groups in total. The monoisotopic (exact) mass is 417 g/mol. The summed E-state index contributed by atoms with van der Waals surface area (Å²) in [7, 11) is 0. The molecule has 2 aromatic heterocycles. The molecule has 6 nitrogen and oxygen atoms in total. The van der Waals surface area contributed by atoms with E-state index in [9.17, 15) is 0 Å². The number of rotatable bonds is 6. The molecule has 0 bridgehead atoms. The second-order valence-electron chi connectivity index (χ2n) is 6.63. The molecule has 28 heavy (non-hydrogen) atoms. The molecule has 1 aliphatic rings. The Morgan fingerprint density at radius 3 is 2.50 bits per heavy atom. The van der Waals surface area contributed by atoms with Crippen molar-refractivity contribution in [3.63, 3.8) is 0 Å². The Bertz CT molecular complexity index is 948. The Balaban J connectivity index is 1.56. The maximum absolute atomic E-state index is 6.16. The number of halogens is 2. The Hall–Kier alpha value is -1.99. The molecule has 0 atom stereocenters. The second-order valence-corrected chi connectivity index (χ2v) is 7.44.